The number of aromatic nitrogens is 1. The van der Waals surface area contributed by atoms with Crippen molar-refractivity contribution in [2.45, 2.75) is 52.5 Å². The van der Waals surface area contributed by atoms with Gasteiger partial charge in [-0.15, -0.1) is 11.3 Å². The highest BCUT2D eigenvalue weighted by Gasteiger charge is 2.22. The molecule has 0 spiro atoms. The molecule has 110 valence electrons. The Morgan fingerprint density at radius 3 is 2.70 bits per heavy atom. The zero-order valence-electron chi connectivity index (χ0n) is 13.0. The van der Waals surface area contributed by atoms with Crippen LogP contribution in [0.5, 0.6) is 0 Å². The summed E-state index contributed by atoms with van der Waals surface area (Å²) in [6.45, 7) is 11.9. The average molecular weight is 292 g/mol. The van der Waals surface area contributed by atoms with Crippen LogP contribution in [0.15, 0.2) is 22.8 Å². The summed E-state index contributed by atoms with van der Waals surface area (Å²) in [4.78, 5) is 6.06. The zero-order chi connectivity index (χ0) is 14.8. The third-order valence-corrected chi connectivity index (χ3v) is 5.04. The highest BCUT2D eigenvalue weighted by Crippen LogP contribution is 2.32. The second-order valence-corrected chi connectivity index (χ2v) is 7.25. The molecule has 0 radical (unpaired) electrons. The first-order valence-electron chi connectivity index (χ1n) is 7.11. The molecule has 0 fully saturated rings. The van der Waals surface area contributed by atoms with Gasteiger partial charge in [0.1, 0.15) is 5.76 Å². The van der Waals surface area contributed by atoms with E-state index in [-0.39, 0.29) is 5.41 Å². The van der Waals surface area contributed by atoms with Crippen molar-refractivity contribution < 1.29 is 4.42 Å². The van der Waals surface area contributed by atoms with E-state index in [1.807, 2.05) is 23.5 Å². The van der Waals surface area contributed by atoms with Gasteiger partial charge in [0.15, 0.2) is 0 Å². The summed E-state index contributed by atoms with van der Waals surface area (Å²) in [5.74, 6) is 1.03. The van der Waals surface area contributed by atoms with Crippen molar-refractivity contribution in [1.29, 1.82) is 0 Å². The number of nitrogens with zero attached hydrogens (tertiary/aromatic N) is 1. The Balaban J connectivity index is 1.95. The summed E-state index contributed by atoms with van der Waals surface area (Å²) in [6.07, 6.45) is 2.64. The lowest BCUT2D eigenvalue weighted by molar-refractivity contribution is 0.487. The maximum absolute atomic E-state index is 5.34. The number of thiazole rings is 1. The topological polar surface area (TPSA) is 38.1 Å². The summed E-state index contributed by atoms with van der Waals surface area (Å²) < 4.78 is 5.34. The molecule has 1 N–H and O–H groups in total. The van der Waals surface area contributed by atoms with Crippen LogP contribution < -0.4 is 5.32 Å². The number of rotatable bonds is 5. The maximum Gasteiger partial charge on any atom is 0.105 e. The molecule has 4 heteroatoms. The van der Waals surface area contributed by atoms with E-state index in [0.717, 1.165) is 24.4 Å². The molecule has 0 aliphatic rings. The molecule has 0 aliphatic carbocycles. The first-order valence-corrected chi connectivity index (χ1v) is 7.93. The van der Waals surface area contributed by atoms with Crippen LogP contribution in [-0.2, 0) is 11.8 Å². The predicted molar refractivity (Wildman–Crippen MR) is 84.4 cm³/mol. The predicted octanol–water partition coefficient (Wildman–Crippen LogP) is 4.24. The lowest BCUT2D eigenvalue weighted by Gasteiger charge is -2.14. The average Bonchev–Trinajstić information content (AvgIpc) is 2.97. The van der Waals surface area contributed by atoms with Crippen molar-refractivity contribution in [1.82, 2.24) is 10.3 Å². The lowest BCUT2D eigenvalue weighted by atomic mass is 9.98. The fourth-order valence-electron chi connectivity index (χ4n) is 2.09. The van der Waals surface area contributed by atoms with Gasteiger partial charge in [-0.3, -0.25) is 0 Å². The molecule has 2 heterocycles. The molecule has 0 aliphatic heterocycles. The number of nitrogens with one attached hydrogen (secondary N) is 1. The minimum Gasteiger partial charge on any atom is -0.469 e. The van der Waals surface area contributed by atoms with E-state index in [4.69, 9.17) is 9.40 Å². The fourth-order valence-corrected chi connectivity index (χ4v) is 3.24. The Bertz CT molecular complexity index is 537. The van der Waals surface area contributed by atoms with Gasteiger partial charge in [-0.2, -0.15) is 0 Å². The van der Waals surface area contributed by atoms with Gasteiger partial charge in [-0.25, -0.2) is 4.98 Å². The molecular formula is C16H24N2OS. The molecule has 3 nitrogen and oxygen atoms in total. The molecule has 2 rings (SSSR count). The van der Waals surface area contributed by atoms with E-state index < -0.39 is 0 Å². The smallest absolute Gasteiger partial charge is 0.105 e. The van der Waals surface area contributed by atoms with E-state index in [1.165, 1.54) is 9.88 Å². The van der Waals surface area contributed by atoms with Gasteiger partial charge in [0, 0.05) is 29.3 Å². The maximum atomic E-state index is 5.34. The van der Waals surface area contributed by atoms with E-state index in [9.17, 15) is 0 Å². The van der Waals surface area contributed by atoms with Crippen LogP contribution in [0, 0.1) is 6.92 Å². The molecule has 2 aromatic rings. The van der Waals surface area contributed by atoms with E-state index >= 15 is 0 Å². The summed E-state index contributed by atoms with van der Waals surface area (Å²) in [7, 11) is 0. The second-order valence-electron chi connectivity index (χ2n) is 6.22. The zero-order valence-corrected chi connectivity index (χ0v) is 13.8. The Labute approximate surface area is 125 Å². The third kappa shape index (κ3) is 3.70. The Kier molecular flexibility index (Phi) is 4.66. The summed E-state index contributed by atoms with van der Waals surface area (Å²) in [5, 5.41) is 4.77. The first-order chi connectivity index (χ1) is 9.38. The van der Waals surface area contributed by atoms with Crippen LogP contribution in [0.1, 0.15) is 55.1 Å². The van der Waals surface area contributed by atoms with Crippen LogP contribution in [0.4, 0.5) is 0 Å². The van der Waals surface area contributed by atoms with Crippen LogP contribution in [0.25, 0.3) is 0 Å². The minimum absolute atomic E-state index is 0.127. The quantitative estimate of drug-likeness (QED) is 0.896. The van der Waals surface area contributed by atoms with Gasteiger partial charge < -0.3 is 9.73 Å². The van der Waals surface area contributed by atoms with E-state index in [0.29, 0.717) is 6.04 Å². The Hall–Kier alpha value is -1.13. The molecule has 0 bridgehead atoms. The van der Waals surface area contributed by atoms with Crippen molar-refractivity contribution in [3.8, 4) is 0 Å². The largest absolute Gasteiger partial charge is 0.469 e. The van der Waals surface area contributed by atoms with Gasteiger partial charge in [-0.1, -0.05) is 20.8 Å². The summed E-state index contributed by atoms with van der Waals surface area (Å²) in [5.41, 5.74) is 1.28. The molecule has 20 heavy (non-hydrogen) atoms. The van der Waals surface area contributed by atoms with Gasteiger partial charge in [0.05, 0.1) is 17.0 Å². The van der Waals surface area contributed by atoms with Gasteiger partial charge in [0.2, 0.25) is 0 Å². The standard InChI is InChI=1S/C16H24N2OS/c1-11(17-9-8-13-7-6-10-19-13)14-12(2)18-15(20-14)16(3,4)5/h6-7,10-11,17H,8-9H2,1-5H3. The summed E-state index contributed by atoms with van der Waals surface area (Å²) >= 11 is 1.83. The molecule has 0 saturated carbocycles. The van der Waals surface area contributed by atoms with Crippen molar-refractivity contribution in [2.75, 3.05) is 6.54 Å². The van der Waals surface area contributed by atoms with Gasteiger partial charge in [0.25, 0.3) is 0 Å². The minimum atomic E-state index is 0.127. The van der Waals surface area contributed by atoms with Crippen LogP contribution in [0.2, 0.25) is 0 Å². The molecule has 1 unspecified atom stereocenters. The SMILES string of the molecule is Cc1nc(C(C)(C)C)sc1C(C)NCCc1ccco1. The molecule has 0 aromatic carbocycles. The normalized spacial score (nSPS) is 13.7. The number of furan rings is 1. The Morgan fingerprint density at radius 2 is 2.15 bits per heavy atom. The van der Waals surface area contributed by atoms with Crippen molar-refractivity contribution >= 4 is 11.3 Å². The molecule has 0 amide bonds. The number of aryl methyl sites for hydroxylation is 1. The number of hydrogen-bond donors (Lipinski definition) is 1. The Morgan fingerprint density at radius 1 is 1.40 bits per heavy atom. The lowest BCUT2D eigenvalue weighted by Crippen LogP contribution is -2.21. The van der Waals surface area contributed by atoms with Crippen LogP contribution in [0.3, 0.4) is 0 Å². The third-order valence-electron chi connectivity index (χ3n) is 3.27. The highest BCUT2D eigenvalue weighted by atomic mass is 32.1. The van der Waals surface area contributed by atoms with Gasteiger partial charge in [-0.05, 0) is 26.0 Å². The fraction of sp³-hybridized carbons (Fsp3) is 0.562. The van der Waals surface area contributed by atoms with Crippen LogP contribution in [-0.4, -0.2) is 11.5 Å². The van der Waals surface area contributed by atoms with Crippen molar-refractivity contribution in [3.05, 3.63) is 39.7 Å². The monoisotopic (exact) mass is 292 g/mol. The van der Waals surface area contributed by atoms with Crippen molar-refractivity contribution in [3.63, 3.8) is 0 Å². The second kappa shape index (κ2) is 6.10. The first kappa shape index (κ1) is 15.3. The van der Waals surface area contributed by atoms with E-state index in [2.05, 4.69) is 39.9 Å². The van der Waals surface area contributed by atoms with Gasteiger partial charge >= 0.3 is 0 Å². The highest BCUT2D eigenvalue weighted by molar-refractivity contribution is 7.12. The number of hydrogen-bond acceptors (Lipinski definition) is 4. The summed E-state index contributed by atoms with van der Waals surface area (Å²) in [6, 6.07) is 4.28. The van der Waals surface area contributed by atoms with Crippen molar-refractivity contribution in [2.24, 2.45) is 0 Å². The molecular weight excluding hydrogens is 268 g/mol. The molecule has 0 saturated heterocycles. The van der Waals surface area contributed by atoms with E-state index in [1.54, 1.807) is 6.26 Å². The molecule has 2 aromatic heterocycles. The molecule has 1 atom stereocenters. The van der Waals surface area contributed by atoms with Crippen LogP contribution >= 0.6 is 11.3 Å².